The first kappa shape index (κ1) is 18.9. The maximum absolute atomic E-state index is 12.9. The molecule has 140 valence electrons. The molecule has 0 aromatic heterocycles. The lowest BCUT2D eigenvalue weighted by Gasteiger charge is -2.23. The molecule has 1 aromatic rings. The molecule has 0 bridgehead atoms. The minimum Gasteiger partial charge on any atom is -0.381 e. The zero-order chi connectivity index (χ0) is 18.8. The second kappa shape index (κ2) is 7.77. The summed E-state index contributed by atoms with van der Waals surface area (Å²) in [5.41, 5.74) is 0.228. The topological polar surface area (TPSA) is 88.3 Å². The van der Waals surface area contributed by atoms with Gasteiger partial charge in [-0.3, -0.25) is 9.69 Å². The van der Waals surface area contributed by atoms with Crippen LogP contribution in [0.2, 0.25) is 10.0 Å². The van der Waals surface area contributed by atoms with Crippen LogP contribution in [0.25, 0.3) is 0 Å². The lowest BCUT2D eigenvalue weighted by Crippen LogP contribution is -2.41. The first-order valence-corrected chi connectivity index (χ1v) is 8.95. The average molecular weight is 401 g/mol. The summed E-state index contributed by atoms with van der Waals surface area (Å²) in [5, 5.41) is 14.3. The van der Waals surface area contributed by atoms with Crippen molar-refractivity contribution in [2.75, 3.05) is 32.8 Å². The summed E-state index contributed by atoms with van der Waals surface area (Å²) in [4.78, 5) is 26.9. The number of rotatable bonds is 4. The predicted molar refractivity (Wildman–Crippen MR) is 97.0 cm³/mol. The summed E-state index contributed by atoms with van der Waals surface area (Å²) in [6.07, 6.45) is 0. The molecule has 0 aliphatic carbocycles. The Morgan fingerprint density at radius 3 is 2.77 bits per heavy atom. The molecule has 10 heteroatoms. The van der Waals surface area contributed by atoms with E-state index in [1.54, 1.807) is 11.0 Å². The Labute approximate surface area is 160 Å². The van der Waals surface area contributed by atoms with Gasteiger partial charge < -0.3 is 9.64 Å². The van der Waals surface area contributed by atoms with E-state index in [0.29, 0.717) is 43.8 Å². The lowest BCUT2D eigenvalue weighted by molar-refractivity contribution is -0.486. The second-order valence-corrected chi connectivity index (χ2v) is 7.28. The van der Waals surface area contributed by atoms with E-state index < -0.39 is 10.9 Å². The van der Waals surface area contributed by atoms with Crippen molar-refractivity contribution in [3.05, 3.63) is 43.9 Å². The van der Waals surface area contributed by atoms with Crippen molar-refractivity contribution in [3.63, 3.8) is 0 Å². The minimum atomic E-state index is -0.786. The van der Waals surface area contributed by atoms with Gasteiger partial charge in [-0.25, -0.2) is 10.1 Å². The number of benzene rings is 1. The SMILES string of the molecule is CC1COCC1CN1CCN(C(=O)c2ccc(Cl)cc2Cl)C1=N[N+](=O)[O-]. The molecule has 26 heavy (non-hydrogen) atoms. The standard InChI is InChI=1S/C16H18Cl2N4O4/c1-10-8-26-9-11(10)7-20-4-5-21(16(20)19-22(24)25)15(23)13-3-2-12(17)6-14(13)18/h2-3,6,10-11H,4-5,7-9H2,1H3. The predicted octanol–water partition coefficient (Wildman–Crippen LogP) is 2.58. The van der Waals surface area contributed by atoms with Crippen LogP contribution in [0.1, 0.15) is 17.3 Å². The number of ether oxygens (including phenoxy) is 1. The van der Waals surface area contributed by atoms with Crippen molar-refractivity contribution in [1.82, 2.24) is 9.80 Å². The molecule has 2 unspecified atom stereocenters. The molecule has 2 aliphatic heterocycles. The van der Waals surface area contributed by atoms with E-state index in [2.05, 4.69) is 12.0 Å². The van der Waals surface area contributed by atoms with Gasteiger partial charge in [0.15, 0.2) is 5.03 Å². The van der Waals surface area contributed by atoms with Crippen LogP contribution < -0.4 is 0 Å². The number of halogens is 2. The molecular formula is C16H18Cl2N4O4. The molecule has 2 aliphatic rings. The molecule has 2 fully saturated rings. The molecule has 2 saturated heterocycles. The first-order chi connectivity index (χ1) is 12.4. The fourth-order valence-electron chi connectivity index (χ4n) is 3.18. The second-order valence-electron chi connectivity index (χ2n) is 6.44. The van der Waals surface area contributed by atoms with Crippen molar-refractivity contribution in [3.8, 4) is 0 Å². The highest BCUT2D eigenvalue weighted by molar-refractivity contribution is 6.37. The van der Waals surface area contributed by atoms with Crippen molar-refractivity contribution in [2.24, 2.45) is 16.9 Å². The Balaban J connectivity index is 1.84. The number of carbonyl (C=O) groups excluding carboxylic acids is 1. The van der Waals surface area contributed by atoms with Gasteiger partial charge in [-0.1, -0.05) is 30.1 Å². The molecule has 0 saturated carbocycles. The zero-order valence-corrected chi connectivity index (χ0v) is 15.6. The van der Waals surface area contributed by atoms with Gasteiger partial charge in [0, 0.05) is 37.2 Å². The highest BCUT2D eigenvalue weighted by atomic mass is 35.5. The first-order valence-electron chi connectivity index (χ1n) is 8.19. The van der Waals surface area contributed by atoms with E-state index in [1.165, 1.54) is 17.0 Å². The third-order valence-electron chi connectivity index (χ3n) is 4.67. The number of nitro groups is 1. The summed E-state index contributed by atoms with van der Waals surface area (Å²) in [6.45, 7) is 4.66. The van der Waals surface area contributed by atoms with Crippen LogP contribution in [0.5, 0.6) is 0 Å². The summed E-state index contributed by atoms with van der Waals surface area (Å²) >= 11 is 12.0. The normalized spacial score (nSPS) is 24.5. The monoisotopic (exact) mass is 400 g/mol. The Bertz CT molecular complexity index is 758. The molecule has 2 atom stereocenters. The van der Waals surface area contributed by atoms with Gasteiger partial charge in [-0.15, -0.1) is 0 Å². The number of carbonyl (C=O) groups is 1. The van der Waals surface area contributed by atoms with Crippen LogP contribution in [-0.4, -0.2) is 59.5 Å². The summed E-state index contributed by atoms with van der Waals surface area (Å²) in [7, 11) is 0. The summed E-state index contributed by atoms with van der Waals surface area (Å²) in [6, 6.07) is 4.52. The molecule has 0 radical (unpaired) electrons. The maximum atomic E-state index is 12.9. The van der Waals surface area contributed by atoms with Crippen LogP contribution in [0.4, 0.5) is 0 Å². The van der Waals surface area contributed by atoms with E-state index in [4.69, 9.17) is 27.9 Å². The van der Waals surface area contributed by atoms with E-state index in [-0.39, 0.29) is 22.5 Å². The van der Waals surface area contributed by atoms with E-state index in [1.807, 2.05) is 0 Å². The van der Waals surface area contributed by atoms with Gasteiger partial charge in [0.25, 0.3) is 11.9 Å². The van der Waals surface area contributed by atoms with Crippen LogP contribution in [0, 0.1) is 22.0 Å². The Morgan fingerprint density at radius 2 is 2.15 bits per heavy atom. The molecule has 8 nitrogen and oxygen atoms in total. The van der Waals surface area contributed by atoms with Crippen molar-refractivity contribution >= 4 is 35.1 Å². The van der Waals surface area contributed by atoms with E-state index >= 15 is 0 Å². The van der Waals surface area contributed by atoms with Crippen LogP contribution >= 0.6 is 23.2 Å². The van der Waals surface area contributed by atoms with Crippen molar-refractivity contribution in [2.45, 2.75) is 6.92 Å². The molecule has 2 heterocycles. The quantitative estimate of drug-likeness (QED) is 0.572. The van der Waals surface area contributed by atoms with Crippen LogP contribution in [0.3, 0.4) is 0 Å². The molecule has 1 aromatic carbocycles. The van der Waals surface area contributed by atoms with Crippen LogP contribution in [-0.2, 0) is 4.74 Å². The average Bonchev–Trinajstić information content (AvgIpc) is 3.14. The van der Waals surface area contributed by atoms with Gasteiger partial charge >= 0.3 is 0 Å². The van der Waals surface area contributed by atoms with Gasteiger partial charge in [0.2, 0.25) is 0 Å². The van der Waals surface area contributed by atoms with E-state index in [9.17, 15) is 14.9 Å². The summed E-state index contributed by atoms with van der Waals surface area (Å²) < 4.78 is 5.46. The number of hydrogen-bond acceptors (Lipinski definition) is 4. The van der Waals surface area contributed by atoms with Crippen LogP contribution in [0.15, 0.2) is 23.3 Å². The third-order valence-corrected chi connectivity index (χ3v) is 5.22. The molecule has 0 N–H and O–H groups in total. The van der Waals surface area contributed by atoms with Gasteiger partial charge in [0.1, 0.15) is 5.10 Å². The number of amides is 1. The highest BCUT2D eigenvalue weighted by Crippen LogP contribution is 2.26. The minimum absolute atomic E-state index is 0.0325. The maximum Gasteiger partial charge on any atom is 0.281 e. The summed E-state index contributed by atoms with van der Waals surface area (Å²) in [5.74, 6) is 0.180. The Kier molecular flexibility index (Phi) is 5.64. The van der Waals surface area contributed by atoms with Crippen molar-refractivity contribution in [1.29, 1.82) is 0 Å². The number of hydrazone groups is 1. The molecular weight excluding hydrogens is 383 g/mol. The number of guanidine groups is 1. The fourth-order valence-corrected chi connectivity index (χ4v) is 3.67. The largest absolute Gasteiger partial charge is 0.381 e. The van der Waals surface area contributed by atoms with Gasteiger partial charge in [0.05, 0.1) is 17.2 Å². The zero-order valence-electron chi connectivity index (χ0n) is 14.1. The molecule has 1 amide bonds. The Hall–Kier alpha value is -1.90. The third kappa shape index (κ3) is 3.92. The van der Waals surface area contributed by atoms with E-state index in [0.717, 1.165) is 0 Å². The van der Waals surface area contributed by atoms with Gasteiger partial charge in [-0.2, -0.15) is 0 Å². The smallest absolute Gasteiger partial charge is 0.281 e. The highest BCUT2D eigenvalue weighted by Gasteiger charge is 2.38. The number of hydrogen-bond donors (Lipinski definition) is 0. The lowest BCUT2D eigenvalue weighted by atomic mass is 9.98. The number of nitrogens with zero attached hydrogens (tertiary/aromatic N) is 4. The Morgan fingerprint density at radius 1 is 1.38 bits per heavy atom. The fraction of sp³-hybridized carbons (Fsp3) is 0.500. The van der Waals surface area contributed by atoms with Crippen molar-refractivity contribution < 1.29 is 14.6 Å². The molecule has 3 rings (SSSR count). The van der Waals surface area contributed by atoms with Gasteiger partial charge in [-0.05, 0) is 24.1 Å². The molecule has 0 spiro atoms.